The Balaban J connectivity index is 1.06. The van der Waals surface area contributed by atoms with Crippen LogP contribution in [0.5, 0.6) is 34.5 Å². The van der Waals surface area contributed by atoms with Gasteiger partial charge in [0.1, 0.15) is 60.9 Å². The zero-order valence-electron chi connectivity index (χ0n) is 33.8. The lowest BCUT2D eigenvalue weighted by molar-refractivity contribution is -0.162. The summed E-state index contributed by atoms with van der Waals surface area (Å²) in [6.07, 6.45) is 3.27. The Kier molecular flexibility index (Phi) is 13.5. The van der Waals surface area contributed by atoms with Crippen LogP contribution in [0, 0.1) is 5.92 Å². The molecule has 0 saturated heterocycles. The molecule has 0 radical (unpaired) electrons. The van der Waals surface area contributed by atoms with Crippen molar-refractivity contribution < 1.29 is 47.5 Å². The van der Waals surface area contributed by atoms with Gasteiger partial charge in [-0.15, -0.1) is 0 Å². The van der Waals surface area contributed by atoms with Crippen LogP contribution in [0.4, 0.5) is 0 Å². The molecular formula is C46H48N2O10. The number of nitrogens with zero attached hydrogens (tertiary/aromatic N) is 2. The predicted molar refractivity (Wildman–Crippen MR) is 218 cm³/mol. The van der Waals surface area contributed by atoms with E-state index in [1.807, 2.05) is 88.4 Å². The van der Waals surface area contributed by atoms with Crippen LogP contribution in [0.25, 0.3) is 21.8 Å². The minimum absolute atomic E-state index is 0.0953. The zero-order valence-corrected chi connectivity index (χ0v) is 33.8. The summed E-state index contributed by atoms with van der Waals surface area (Å²) in [5.74, 6) is 1.03. The first-order chi connectivity index (χ1) is 28.0. The highest BCUT2D eigenvalue weighted by Crippen LogP contribution is 2.35. The molecule has 6 rings (SSSR count). The smallest absolute Gasteiger partial charge is 0.320 e. The first kappa shape index (κ1) is 41.1. The van der Waals surface area contributed by atoms with Crippen LogP contribution in [0.2, 0.25) is 0 Å². The molecule has 2 heterocycles. The summed E-state index contributed by atoms with van der Waals surface area (Å²) in [5.41, 5.74) is 4.24. The number of pyridine rings is 2. The fourth-order valence-corrected chi connectivity index (χ4v) is 6.07. The standard InChI is InChI=1S/C46H48N2O10/c1-28(2)57-43-33(22-47-39-18-16-35(51-6)20-37(39)43)26-53-41-14-10-8-12-31(41)24-55-45(49)30(5)46(50)56-25-32-13-9-11-15-42(32)54-27-34-23-48-40-19-17-36(52-7)21-38(40)44(34)58-29(3)4/h8-23,28-30H,24-27H2,1-7H3. The number of methoxy groups -OCH3 is 2. The average molecular weight is 789 g/mol. The van der Waals surface area contributed by atoms with Crippen molar-refractivity contribution in [2.45, 2.75) is 73.3 Å². The van der Waals surface area contributed by atoms with Crippen LogP contribution in [-0.2, 0) is 45.5 Å². The fourth-order valence-electron chi connectivity index (χ4n) is 6.07. The number of fused-ring (bicyclic) bond motifs is 2. The number of esters is 2. The summed E-state index contributed by atoms with van der Waals surface area (Å²) in [6.45, 7) is 9.30. The van der Waals surface area contributed by atoms with Crippen molar-refractivity contribution in [3.8, 4) is 34.5 Å². The van der Waals surface area contributed by atoms with Gasteiger partial charge in [0.05, 0.1) is 48.6 Å². The van der Waals surface area contributed by atoms with Crippen molar-refractivity contribution in [3.05, 3.63) is 120 Å². The van der Waals surface area contributed by atoms with E-state index in [0.717, 1.165) is 32.9 Å². The van der Waals surface area contributed by atoms with E-state index >= 15 is 0 Å². The van der Waals surface area contributed by atoms with E-state index in [2.05, 4.69) is 9.97 Å². The maximum Gasteiger partial charge on any atom is 0.320 e. The molecule has 0 amide bonds. The number of ether oxygens (including phenoxy) is 8. The average Bonchev–Trinajstić information content (AvgIpc) is 3.23. The molecule has 4 aromatic carbocycles. The summed E-state index contributed by atoms with van der Waals surface area (Å²) in [4.78, 5) is 35.4. The third kappa shape index (κ3) is 10.0. The van der Waals surface area contributed by atoms with E-state index in [9.17, 15) is 9.59 Å². The molecule has 12 nitrogen and oxygen atoms in total. The van der Waals surface area contributed by atoms with Crippen LogP contribution in [0.1, 0.15) is 56.9 Å². The molecule has 0 fully saturated rings. The number of aromatic nitrogens is 2. The van der Waals surface area contributed by atoms with Gasteiger partial charge in [0.25, 0.3) is 0 Å². The first-order valence-electron chi connectivity index (χ1n) is 19.0. The Morgan fingerprint density at radius 2 is 0.948 bits per heavy atom. The lowest BCUT2D eigenvalue weighted by atomic mass is 10.1. The Morgan fingerprint density at radius 3 is 1.34 bits per heavy atom. The SMILES string of the molecule is COc1ccc2ncc(COc3ccccc3COC(=O)C(C)C(=O)OCc3ccccc3OCc3cnc4ccc(OC)cc4c3OC(C)C)c(OC(C)C)c2c1. The first-order valence-corrected chi connectivity index (χ1v) is 19.0. The van der Waals surface area contributed by atoms with Gasteiger partial charge in [-0.2, -0.15) is 0 Å². The summed E-state index contributed by atoms with van der Waals surface area (Å²) in [5, 5.41) is 1.61. The molecule has 0 spiro atoms. The molecule has 0 atom stereocenters. The second-order valence-corrected chi connectivity index (χ2v) is 14.1. The summed E-state index contributed by atoms with van der Waals surface area (Å²) < 4.78 is 46.9. The van der Waals surface area contributed by atoms with E-state index in [0.29, 0.717) is 45.6 Å². The van der Waals surface area contributed by atoms with Crippen LogP contribution in [0.3, 0.4) is 0 Å². The van der Waals surface area contributed by atoms with E-state index in [1.54, 1.807) is 50.9 Å². The van der Waals surface area contributed by atoms with Crippen molar-refractivity contribution >= 4 is 33.7 Å². The van der Waals surface area contributed by atoms with E-state index in [1.165, 1.54) is 6.92 Å². The summed E-state index contributed by atoms with van der Waals surface area (Å²) in [7, 11) is 3.22. The zero-order chi connectivity index (χ0) is 41.2. The molecule has 0 aliphatic carbocycles. The van der Waals surface area contributed by atoms with Gasteiger partial charge in [0.15, 0.2) is 5.92 Å². The minimum atomic E-state index is -1.19. The molecular weight excluding hydrogens is 741 g/mol. The highest BCUT2D eigenvalue weighted by molar-refractivity contribution is 5.94. The quantitative estimate of drug-likeness (QED) is 0.0608. The summed E-state index contributed by atoms with van der Waals surface area (Å²) in [6, 6.07) is 25.7. The van der Waals surface area contributed by atoms with Gasteiger partial charge in [-0.1, -0.05) is 36.4 Å². The van der Waals surface area contributed by atoms with Gasteiger partial charge in [0, 0.05) is 34.3 Å². The predicted octanol–water partition coefficient (Wildman–Crippen LogP) is 8.96. The molecule has 0 N–H and O–H groups in total. The maximum atomic E-state index is 13.1. The second-order valence-electron chi connectivity index (χ2n) is 14.1. The van der Waals surface area contributed by atoms with Crippen molar-refractivity contribution in [1.82, 2.24) is 9.97 Å². The molecule has 302 valence electrons. The van der Waals surface area contributed by atoms with Crippen molar-refractivity contribution in [2.24, 2.45) is 5.92 Å². The Hall–Kier alpha value is -6.56. The van der Waals surface area contributed by atoms with Gasteiger partial charge in [-0.25, -0.2) is 0 Å². The van der Waals surface area contributed by atoms with E-state index < -0.39 is 17.9 Å². The number of hydrogen-bond donors (Lipinski definition) is 0. The molecule has 0 bridgehead atoms. The van der Waals surface area contributed by atoms with E-state index in [4.69, 9.17) is 37.9 Å². The second kappa shape index (κ2) is 19.1. The number of hydrogen-bond acceptors (Lipinski definition) is 12. The number of benzene rings is 4. The van der Waals surface area contributed by atoms with Crippen LogP contribution < -0.4 is 28.4 Å². The van der Waals surface area contributed by atoms with Crippen LogP contribution in [0.15, 0.2) is 97.3 Å². The lowest BCUT2D eigenvalue weighted by Crippen LogP contribution is -2.25. The van der Waals surface area contributed by atoms with Crippen LogP contribution >= 0.6 is 0 Å². The Morgan fingerprint density at radius 1 is 0.534 bits per heavy atom. The highest BCUT2D eigenvalue weighted by atomic mass is 16.6. The Labute approximate surface area is 337 Å². The molecule has 0 aliphatic heterocycles. The van der Waals surface area contributed by atoms with Gasteiger partial charge in [-0.05, 0) is 83.1 Å². The van der Waals surface area contributed by atoms with Crippen molar-refractivity contribution in [1.29, 1.82) is 0 Å². The number of para-hydroxylation sites is 2. The molecule has 0 saturated carbocycles. The number of rotatable bonds is 18. The monoisotopic (exact) mass is 788 g/mol. The van der Waals surface area contributed by atoms with Gasteiger partial charge in [0.2, 0.25) is 0 Å². The maximum absolute atomic E-state index is 13.1. The third-order valence-corrected chi connectivity index (χ3v) is 9.06. The van der Waals surface area contributed by atoms with Crippen molar-refractivity contribution in [2.75, 3.05) is 14.2 Å². The molecule has 12 heteroatoms. The third-order valence-electron chi connectivity index (χ3n) is 9.06. The molecule has 0 aliphatic rings. The van der Waals surface area contributed by atoms with Gasteiger partial charge in [-0.3, -0.25) is 19.6 Å². The van der Waals surface area contributed by atoms with Gasteiger partial charge < -0.3 is 37.9 Å². The molecule has 6 aromatic rings. The normalized spacial score (nSPS) is 11.2. The number of carbonyl (C=O) groups excluding carboxylic acids is 2. The molecule has 0 unspecified atom stereocenters. The lowest BCUT2D eigenvalue weighted by Gasteiger charge is -2.18. The van der Waals surface area contributed by atoms with Gasteiger partial charge >= 0.3 is 11.9 Å². The number of carbonyl (C=O) groups is 2. The molecule has 58 heavy (non-hydrogen) atoms. The summed E-state index contributed by atoms with van der Waals surface area (Å²) >= 11 is 0. The van der Waals surface area contributed by atoms with E-state index in [-0.39, 0.29) is 38.6 Å². The topological polar surface area (TPSA) is 134 Å². The molecule has 2 aromatic heterocycles. The van der Waals surface area contributed by atoms with Crippen LogP contribution in [-0.4, -0.2) is 48.3 Å². The fraction of sp³-hybridized carbons (Fsp3) is 0.304. The minimum Gasteiger partial charge on any atom is -0.497 e. The Bertz CT molecular complexity index is 2210. The largest absolute Gasteiger partial charge is 0.497 e. The highest BCUT2D eigenvalue weighted by Gasteiger charge is 2.26. The van der Waals surface area contributed by atoms with Crippen molar-refractivity contribution in [3.63, 3.8) is 0 Å².